The Morgan fingerprint density at radius 3 is 2.57 bits per heavy atom. The lowest BCUT2D eigenvalue weighted by Gasteiger charge is -2.17. The molecule has 14 heavy (non-hydrogen) atoms. The van der Waals surface area contributed by atoms with Crippen molar-refractivity contribution in [1.29, 1.82) is 0 Å². The van der Waals surface area contributed by atoms with Crippen molar-refractivity contribution in [2.45, 2.75) is 18.9 Å². The minimum atomic E-state index is 0.570. The number of hydrogen-bond acceptors (Lipinski definition) is 1. The van der Waals surface area contributed by atoms with Gasteiger partial charge in [0, 0.05) is 16.1 Å². The summed E-state index contributed by atoms with van der Waals surface area (Å²) in [6.07, 6.45) is 2.10. The third kappa shape index (κ3) is 1.77. The van der Waals surface area contributed by atoms with Crippen LogP contribution in [0.25, 0.3) is 0 Å². The minimum absolute atomic E-state index is 0.570. The smallest absolute Gasteiger partial charge is 0.0456 e. The lowest BCUT2D eigenvalue weighted by molar-refractivity contribution is 0.303. The van der Waals surface area contributed by atoms with Crippen molar-refractivity contribution < 1.29 is 0 Å². The first-order valence-corrected chi connectivity index (χ1v) is 5.46. The van der Waals surface area contributed by atoms with Gasteiger partial charge < -0.3 is 4.90 Å². The van der Waals surface area contributed by atoms with Crippen LogP contribution in [0, 0.1) is 0 Å². The molecule has 0 heterocycles. The SMILES string of the molecule is CN(C)[C@@H]1Cc2cc(Cl)cc(Cl)c2C1. The fourth-order valence-corrected chi connectivity index (χ4v) is 2.61. The Morgan fingerprint density at radius 1 is 1.21 bits per heavy atom. The molecule has 0 radical (unpaired) electrons. The third-order valence-corrected chi connectivity index (χ3v) is 3.43. The lowest BCUT2D eigenvalue weighted by atomic mass is 10.1. The van der Waals surface area contributed by atoms with Crippen molar-refractivity contribution in [3.63, 3.8) is 0 Å². The number of likely N-dealkylation sites (N-methyl/N-ethyl adjacent to an activating group) is 1. The highest BCUT2D eigenvalue weighted by molar-refractivity contribution is 6.35. The fraction of sp³-hybridized carbons (Fsp3) is 0.455. The molecular weight excluding hydrogens is 217 g/mol. The fourth-order valence-electron chi connectivity index (χ4n) is 1.99. The van der Waals surface area contributed by atoms with E-state index in [1.165, 1.54) is 11.1 Å². The zero-order valence-electron chi connectivity index (χ0n) is 8.35. The van der Waals surface area contributed by atoms with Gasteiger partial charge in [0.15, 0.2) is 0 Å². The highest BCUT2D eigenvalue weighted by atomic mass is 35.5. The summed E-state index contributed by atoms with van der Waals surface area (Å²) >= 11 is 12.1. The summed E-state index contributed by atoms with van der Waals surface area (Å²) in [6.45, 7) is 0. The molecule has 0 N–H and O–H groups in total. The van der Waals surface area contributed by atoms with Crippen molar-refractivity contribution in [3.8, 4) is 0 Å². The molecule has 0 saturated carbocycles. The van der Waals surface area contributed by atoms with Gasteiger partial charge in [0.05, 0.1) is 0 Å². The van der Waals surface area contributed by atoms with Crippen LogP contribution in [0.3, 0.4) is 0 Å². The van der Waals surface area contributed by atoms with E-state index in [2.05, 4.69) is 19.0 Å². The van der Waals surface area contributed by atoms with E-state index in [9.17, 15) is 0 Å². The summed E-state index contributed by atoms with van der Waals surface area (Å²) in [5, 5.41) is 1.56. The highest BCUT2D eigenvalue weighted by Crippen LogP contribution is 2.33. The highest BCUT2D eigenvalue weighted by Gasteiger charge is 2.25. The molecular formula is C11H13Cl2N. The summed E-state index contributed by atoms with van der Waals surface area (Å²) in [5.74, 6) is 0. The molecule has 1 aliphatic rings. The van der Waals surface area contributed by atoms with Crippen molar-refractivity contribution in [3.05, 3.63) is 33.3 Å². The van der Waals surface area contributed by atoms with Crippen LogP contribution in [-0.4, -0.2) is 25.0 Å². The minimum Gasteiger partial charge on any atom is -0.306 e. The van der Waals surface area contributed by atoms with Gasteiger partial charge >= 0.3 is 0 Å². The summed E-state index contributed by atoms with van der Waals surface area (Å²) in [7, 11) is 4.21. The molecule has 3 heteroatoms. The van der Waals surface area contributed by atoms with Gasteiger partial charge in [0.25, 0.3) is 0 Å². The van der Waals surface area contributed by atoms with Gasteiger partial charge in [-0.25, -0.2) is 0 Å². The van der Waals surface area contributed by atoms with Crippen LogP contribution in [0.2, 0.25) is 10.0 Å². The van der Waals surface area contributed by atoms with Gasteiger partial charge in [-0.15, -0.1) is 0 Å². The molecule has 0 unspecified atom stereocenters. The second kappa shape index (κ2) is 3.73. The van der Waals surface area contributed by atoms with Crippen molar-refractivity contribution >= 4 is 23.2 Å². The molecule has 1 aromatic carbocycles. The van der Waals surface area contributed by atoms with E-state index in [4.69, 9.17) is 23.2 Å². The van der Waals surface area contributed by atoms with Gasteiger partial charge in [0.2, 0.25) is 0 Å². The quantitative estimate of drug-likeness (QED) is 0.716. The number of hydrogen-bond donors (Lipinski definition) is 0. The van der Waals surface area contributed by atoms with Gasteiger partial charge in [-0.3, -0.25) is 0 Å². The Kier molecular flexibility index (Phi) is 2.74. The predicted octanol–water partition coefficient (Wildman–Crippen LogP) is 3.02. The first kappa shape index (κ1) is 10.3. The number of benzene rings is 1. The van der Waals surface area contributed by atoms with Gasteiger partial charge in [-0.2, -0.15) is 0 Å². The van der Waals surface area contributed by atoms with E-state index in [0.717, 1.165) is 22.9 Å². The van der Waals surface area contributed by atoms with Crippen LogP contribution in [0.4, 0.5) is 0 Å². The number of halogens is 2. The first-order chi connectivity index (χ1) is 6.58. The van der Waals surface area contributed by atoms with Crippen molar-refractivity contribution in [2.24, 2.45) is 0 Å². The van der Waals surface area contributed by atoms with Gasteiger partial charge in [-0.05, 0) is 50.2 Å². The molecule has 0 spiro atoms. The van der Waals surface area contributed by atoms with E-state index < -0.39 is 0 Å². The molecule has 0 saturated heterocycles. The molecule has 0 aliphatic heterocycles. The third-order valence-electron chi connectivity index (χ3n) is 2.88. The zero-order chi connectivity index (χ0) is 10.3. The Bertz CT molecular complexity index is 361. The number of fused-ring (bicyclic) bond motifs is 1. The molecule has 2 rings (SSSR count). The molecule has 0 bridgehead atoms. The van der Waals surface area contributed by atoms with Crippen molar-refractivity contribution in [2.75, 3.05) is 14.1 Å². The van der Waals surface area contributed by atoms with E-state index in [1.807, 2.05) is 12.1 Å². The Hall–Kier alpha value is -0.240. The Morgan fingerprint density at radius 2 is 1.93 bits per heavy atom. The molecule has 0 fully saturated rings. The first-order valence-electron chi connectivity index (χ1n) is 4.71. The maximum absolute atomic E-state index is 6.14. The van der Waals surface area contributed by atoms with Crippen LogP contribution >= 0.6 is 23.2 Å². The van der Waals surface area contributed by atoms with Crippen LogP contribution in [0.5, 0.6) is 0 Å². The van der Waals surface area contributed by atoms with Crippen LogP contribution in [-0.2, 0) is 12.8 Å². The lowest BCUT2D eigenvalue weighted by Crippen LogP contribution is -2.28. The summed E-state index contributed by atoms with van der Waals surface area (Å²) in [5.41, 5.74) is 2.58. The molecule has 0 aromatic heterocycles. The Labute approximate surface area is 94.6 Å². The van der Waals surface area contributed by atoms with E-state index in [-0.39, 0.29) is 0 Å². The summed E-state index contributed by atoms with van der Waals surface area (Å²) in [4.78, 5) is 2.24. The number of rotatable bonds is 1. The van der Waals surface area contributed by atoms with Crippen LogP contribution in [0.15, 0.2) is 12.1 Å². The molecule has 1 atom stereocenters. The maximum atomic E-state index is 6.14. The van der Waals surface area contributed by atoms with E-state index >= 15 is 0 Å². The molecule has 1 aromatic rings. The predicted molar refractivity (Wildman–Crippen MR) is 61.3 cm³/mol. The van der Waals surface area contributed by atoms with Crippen LogP contribution in [0.1, 0.15) is 11.1 Å². The topological polar surface area (TPSA) is 3.24 Å². The summed E-state index contributed by atoms with van der Waals surface area (Å²) in [6, 6.07) is 4.44. The average molecular weight is 230 g/mol. The standard InChI is InChI=1S/C11H13Cl2N/c1-14(2)9-4-7-3-8(12)5-11(13)10(7)6-9/h3,5,9H,4,6H2,1-2H3/t9-/m1/s1. The van der Waals surface area contributed by atoms with E-state index in [0.29, 0.717) is 6.04 Å². The largest absolute Gasteiger partial charge is 0.306 e. The monoisotopic (exact) mass is 229 g/mol. The Balaban J connectivity index is 2.35. The molecule has 1 nitrogen and oxygen atoms in total. The average Bonchev–Trinajstić information content (AvgIpc) is 2.47. The molecule has 76 valence electrons. The second-order valence-electron chi connectivity index (χ2n) is 4.05. The maximum Gasteiger partial charge on any atom is 0.0456 e. The van der Waals surface area contributed by atoms with Crippen LogP contribution < -0.4 is 0 Å². The van der Waals surface area contributed by atoms with Crippen molar-refractivity contribution in [1.82, 2.24) is 4.90 Å². The summed E-state index contributed by atoms with van der Waals surface area (Å²) < 4.78 is 0. The van der Waals surface area contributed by atoms with Gasteiger partial charge in [0.1, 0.15) is 0 Å². The molecule has 0 amide bonds. The normalized spacial score (nSPS) is 20.2. The molecule has 1 aliphatic carbocycles. The van der Waals surface area contributed by atoms with Gasteiger partial charge in [-0.1, -0.05) is 23.2 Å². The number of nitrogens with zero attached hydrogens (tertiary/aromatic N) is 1. The zero-order valence-corrected chi connectivity index (χ0v) is 9.86. The second-order valence-corrected chi connectivity index (χ2v) is 4.89. The van der Waals surface area contributed by atoms with E-state index in [1.54, 1.807) is 0 Å².